The highest BCUT2D eigenvalue weighted by molar-refractivity contribution is 6.03. The Labute approximate surface area is 176 Å². The minimum atomic E-state index is -0.497. The van der Waals surface area contributed by atoms with Crippen molar-refractivity contribution in [2.75, 3.05) is 13.6 Å². The Morgan fingerprint density at radius 2 is 1.34 bits per heavy atom. The highest BCUT2D eigenvalue weighted by atomic mass is 16.2. The maximum Gasteiger partial charge on any atom is 0.325 e. The van der Waals surface area contributed by atoms with Gasteiger partial charge in [0.05, 0.1) is 0 Å². The van der Waals surface area contributed by atoms with Gasteiger partial charge in [-0.1, -0.05) is 90.4 Å². The fourth-order valence-electron chi connectivity index (χ4n) is 4.28. The molecule has 0 bridgehead atoms. The number of carbonyl (C=O) groups is 2. The van der Waals surface area contributed by atoms with Gasteiger partial charge >= 0.3 is 6.03 Å². The van der Waals surface area contributed by atoms with E-state index in [1.807, 2.05) is 4.90 Å². The zero-order valence-electron chi connectivity index (χ0n) is 18.5. The molecule has 0 spiro atoms. The molecule has 29 heavy (non-hydrogen) atoms. The van der Waals surface area contributed by atoms with E-state index in [1.165, 1.54) is 81.9 Å². The number of guanidine groups is 1. The summed E-state index contributed by atoms with van der Waals surface area (Å²) in [6.07, 6.45) is 17.9. The molecule has 7 heteroatoms. The Kier molecular flexibility index (Phi) is 10.3. The molecule has 2 aliphatic rings. The van der Waals surface area contributed by atoms with Crippen molar-refractivity contribution in [2.45, 2.75) is 109 Å². The van der Waals surface area contributed by atoms with Crippen LogP contribution in [0.1, 0.15) is 96.8 Å². The monoisotopic (exact) mass is 407 g/mol. The zero-order valence-corrected chi connectivity index (χ0v) is 18.5. The number of carbonyl (C=O) groups excluding carboxylic acids is 2. The number of hydrogen-bond donors (Lipinski definition) is 2. The standard InChI is InChI=1S/C22H41N5O2/c1-3-4-5-6-7-8-9-10-11-12-13-14-15-16-17-27-18-19(24-21(27)23)26(2)22(29)25-20(18)28/h18-19H,3-17H2,1-2H3,(H2,23,24)(H,25,28,29). The third-order valence-corrected chi connectivity index (χ3v) is 6.15. The summed E-state index contributed by atoms with van der Waals surface area (Å²) in [5.41, 5.74) is 6.02. The summed E-state index contributed by atoms with van der Waals surface area (Å²) in [4.78, 5) is 31.6. The molecule has 1 fully saturated rings. The Morgan fingerprint density at radius 3 is 1.86 bits per heavy atom. The molecule has 2 atom stereocenters. The summed E-state index contributed by atoms with van der Waals surface area (Å²) < 4.78 is 0. The van der Waals surface area contributed by atoms with E-state index in [9.17, 15) is 9.59 Å². The maximum atomic E-state index is 12.2. The molecule has 0 radical (unpaired) electrons. The van der Waals surface area contributed by atoms with Crippen LogP contribution in [0, 0.1) is 0 Å². The van der Waals surface area contributed by atoms with E-state index in [0.717, 1.165) is 12.8 Å². The lowest BCUT2D eigenvalue weighted by molar-refractivity contribution is -0.127. The Bertz CT molecular complexity index is 551. The molecule has 0 aromatic heterocycles. The molecule has 7 nitrogen and oxygen atoms in total. The van der Waals surface area contributed by atoms with Crippen molar-refractivity contribution in [2.24, 2.45) is 10.7 Å². The molecule has 2 aliphatic heterocycles. The molecule has 3 N–H and O–H groups in total. The molecule has 0 aromatic rings. The normalized spacial score (nSPS) is 21.4. The van der Waals surface area contributed by atoms with Crippen molar-refractivity contribution < 1.29 is 9.59 Å². The summed E-state index contributed by atoms with van der Waals surface area (Å²) in [6.45, 7) is 2.98. The molecular weight excluding hydrogens is 366 g/mol. The van der Waals surface area contributed by atoms with E-state index >= 15 is 0 Å². The summed E-state index contributed by atoms with van der Waals surface area (Å²) in [7, 11) is 1.65. The predicted octanol–water partition coefficient (Wildman–Crippen LogP) is 3.97. The average molecular weight is 408 g/mol. The number of likely N-dealkylation sites (N-methyl/N-ethyl adjacent to an activating group) is 1. The first kappa shape index (κ1) is 23.5. The minimum Gasteiger partial charge on any atom is -0.370 e. The van der Waals surface area contributed by atoms with E-state index in [0.29, 0.717) is 12.5 Å². The lowest BCUT2D eigenvalue weighted by Gasteiger charge is -2.35. The van der Waals surface area contributed by atoms with Gasteiger partial charge < -0.3 is 15.5 Å². The largest absolute Gasteiger partial charge is 0.370 e. The number of unbranched alkanes of at least 4 members (excludes halogenated alkanes) is 13. The van der Waals surface area contributed by atoms with Crippen LogP contribution in [-0.2, 0) is 4.79 Å². The van der Waals surface area contributed by atoms with Gasteiger partial charge in [0.15, 0.2) is 18.2 Å². The second kappa shape index (κ2) is 12.7. The fourth-order valence-corrected chi connectivity index (χ4v) is 4.28. The average Bonchev–Trinajstić information content (AvgIpc) is 3.03. The first-order valence-corrected chi connectivity index (χ1v) is 11.7. The van der Waals surface area contributed by atoms with Crippen LogP contribution in [0.5, 0.6) is 0 Å². The van der Waals surface area contributed by atoms with Gasteiger partial charge in [-0.25, -0.2) is 9.79 Å². The molecule has 1 saturated heterocycles. The van der Waals surface area contributed by atoms with Crippen LogP contribution in [0.4, 0.5) is 4.79 Å². The number of hydrogen-bond acceptors (Lipinski definition) is 5. The molecule has 2 unspecified atom stereocenters. The van der Waals surface area contributed by atoms with Crippen LogP contribution in [0.25, 0.3) is 0 Å². The van der Waals surface area contributed by atoms with Crippen LogP contribution in [-0.4, -0.2) is 53.5 Å². The molecule has 0 aromatic carbocycles. The third-order valence-electron chi connectivity index (χ3n) is 6.15. The Hall–Kier alpha value is -1.79. The number of imide groups is 1. The number of rotatable bonds is 15. The predicted molar refractivity (Wildman–Crippen MR) is 118 cm³/mol. The molecule has 2 heterocycles. The molecule has 0 saturated carbocycles. The molecule has 3 amide bonds. The van der Waals surface area contributed by atoms with Gasteiger partial charge in [0, 0.05) is 13.6 Å². The molecular formula is C22H41N5O2. The highest BCUT2D eigenvalue weighted by Crippen LogP contribution is 2.23. The molecule has 166 valence electrons. The Balaban J connectivity index is 1.48. The van der Waals surface area contributed by atoms with Gasteiger partial charge in [-0.3, -0.25) is 10.1 Å². The number of nitrogens with one attached hydrogen (secondary N) is 1. The van der Waals surface area contributed by atoms with Gasteiger partial charge in [0.25, 0.3) is 5.91 Å². The molecule has 2 rings (SSSR count). The number of aliphatic imine (C=N–C) groups is 1. The fraction of sp³-hybridized carbons (Fsp3) is 0.864. The van der Waals surface area contributed by atoms with Gasteiger partial charge in [-0.15, -0.1) is 0 Å². The maximum absolute atomic E-state index is 12.2. The first-order valence-electron chi connectivity index (χ1n) is 11.7. The summed E-state index contributed by atoms with van der Waals surface area (Å²) >= 11 is 0. The summed E-state index contributed by atoms with van der Waals surface area (Å²) in [5, 5.41) is 2.38. The number of urea groups is 1. The second-order valence-corrected chi connectivity index (χ2v) is 8.54. The van der Waals surface area contributed by atoms with Crippen molar-refractivity contribution in [1.82, 2.24) is 15.1 Å². The topological polar surface area (TPSA) is 91.0 Å². The lowest BCUT2D eigenvalue weighted by atomic mass is 10.0. The summed E-state index contributed by atoms with van der Waals surface area (Å²) in [6, 6.07) is -0.897. The number of nitrogens with two attached hydrogens (primary N) is 1. The van der Waals surface area contributed by atoms with Gasteiger partial charge in [0.2, 0.25) is 0 Å². The van der Waals surface area contributed by atoms with Crippen LogP contribution in [0.3, 0.4) is 0 Å². The van der Waals surface area contributed by atoms with Gasteiger partial charge in [0.1, 0.15) is 0 Å². The van der Waals surface area contributed by atoms with Crippen LogP contribution in [0.15, 0.2) is 4.99 Å². The van der Waals surface area contributed by atoms with E-state index in [1.54, 1.807) is 7.05 Å². The van der Waals surface area contributed by atoms with Crippen molar-refractivity contribution >= 4 is 17.9 Å². The smallest absolute Gasteiger partial charge is 0.325 e. The van der Waals surface area contributed by atoms with Crippen LogP contribution >= 0.6 is 0 Å². The first-order chi connectivity index (χ1) is 14.1. The van der Waals surface area contributed by atoms with Gasteiger partial charge in [-0.05, 0) is 6.42 Å². The molecule has 0 aliphatic carbocycles. The zero-order chi connectivity index (χ0) is 21.1. The quantitative estimate of drug-likeness (QED) is 0.402. The van der Waals surface area contributed by atoms with Crippen LogP contribution in [0.2, 0.25) is 0 Å². The van der Waals surface area contributed by atoms with Crippen molar-refractivity contribution in [3.8, 4) is 0 Å². The van der Waals surface area contributed by atoms with Crippen molar-refractivity contribution in [1.29, 1.82) is 0 Å². The van der Waals surface area contributed by atoms with E-state index in [2.05, 4.69) is 17.2 Å². The SMILES string of the molecule is CCCCCCCCCCCCCCCCN1C(N)=NC2C1C(=O)NC(=O)N2C. The van der Waals surface area contributed by atoms with Crippen LogP contribution < -0.4 is 11.1 Å². The number of fused-ring (bicyclic) bond motifs is 1. The summed E-state index contributed by atoms with van der Waals surface area (Å²) in [5.74, 6) is 0.0686. The van der Waals surface area contributed by atoms with E-state index in [-0.39, 0.29) is 5.91 Å². The highest BCUT2D eigenvalue weighted by Gasteiger charge is 2.47. The second-order valence-electron chi connectivity index (χ2n) is 8.54. The van der Waals surface area contributed by atoms with E-state index in [4.69, 9.17) is 5.73 Å². The number of nitrogens with zero attached hydrogens (tertiary/aromatic N) is 3. The Morgan fingerprint density at radius 1 is 0.862 bits per heavy atom. The van der Waals surface area contributed by atoms with Crippen molar-refractivity contribution in [3.05, 3.63) is 0 Å². The van der Waals surface area contributed by atoms with Gasteiger partial charge in [-0.2, -0.15) is 0 Å². The minimum absolute atomic E-state index is 0.298. The number of amides is 3. The van der Waals surface area contributed by atoms with E-state index < -0.39 is 18.2 Å². The lowest BCUT2D eigenvalue weighted by Crippen LogP contribution is -2.64. The third kappa shape index (κ3) is 7.19. The van der Waals surface area contributed by atoms with Crippen molar-refractivity contribution in [3.63, 3.8) is 0 Å².